The van der Waals surface area contributed by atoms with Crippen molar-refractivity contribution < 1.29 is 4.79 Å². The SMILES string of the molecule is CCC1CCCCCN1C(=O)c1cccs1. The van der Waals surface area contributed by atoms with E-state index in [4.69, 9.17) is 0 Å². The third kappa shape index (κ3) is 2.46. The molecule has 1 aliphatic heterocycles. The quantitative estimate of drug-likeness (QED) is 0.770. The number of carbonyl (C=O) groups is 1. The fraction of sp³-hybridized carbons (Fsp3) is 0.615. The van der Waals surface area contributed by atoms with Gasteiger partial charge in [-0.3, -0.25) is 4.79 Å². The molecule has 1 atom stereocenters. The molecule has 0 bridgehead atoms. The van der Waals surface area contributed by atoms with Gasteiger partial charge in [0.05, 0.1) is 4.88 Å². The molecule has 2 nitrogen and oxygen atoms in total. The van der Waals surface area contributed by atoms with Crippen LogP contribution in [0.1, 0.15) is 48.7 Å². The highest BCUT2D eigenvalue weighted by molar-refractivity contribution is 7.12. The van der Waals surface area contributed by atoms with E-state index in [1.807, 2.05) is 17.5 Å². The summed E-state index contributed by atoms with van der Waals surface area (Å²) < 4.78 is 0. The van der Waals surface area contributed by atoms with Gasteiger partial charge in [0, 0.05) is 12.6 Å². The molecule has 0 saturated carbocycles. The van der Waals surface area contributed by atoms with Crippen molar-refractivity contribution in [3.63, 3.8) is 0 Å². The van der Waals surface area contributed by atoms with Crippen LogP contribution in [0.3, 0.4) is 0 Å². The summed E-state index contributed by atoms with van der Waals surface area (Å²) in [5.74, 6) is 0.240. The predicted molar refractivity (Wildman–Crippen MR) is 67.9 cm³/mol. The minimum atomic E-state index is 0.240. The van der Waals surface area contributed by atoms with Crippen molar-refractivity contribution in [3.05, 3.63) is 22.4 Å². The van der Waals surface area contributed by atoms with E-state index in [0.29, 0.717) is 6.04 Å². The second-order valence-corrected chi connectivity index (χ2v) is 5.33. The van der Waals surface area contributed by atoms with E-state index in [1.165, 1.54) is 19.3 Å². The van der Waals surface area contributed by atoms with Crippen LogP contribution in [-0.4, -0.2) is 23.4 Å². The molecule has 1 aliphatic rings. The van der Waals surface area contributed by atoms with Crippen molar-refractivity contribution in [1.29, 1.82) is 0 Å². The highest BCUT2D eigenvalue weighted by Crippen LogP contribution is 2.22. The molecule has 1 amide bonds. The Morgan fingerprint density at radius 2 is 2.38 bits per heavy atom. The summed E-state index contributed by atoms with van der Waals surface area (Å²) in [5, 5.41) is 1.98. The molecule has 2 rings (SSSR count). The van der Waals surface area contributed by atoms with E-state index in [-0.39, 0.29) is 5.91 Å². The smallest absolute Gasteiger partial charge is 0.264 e. The molecule has 0 N–H and O–H groups in total. The average Bonchev–Trinajstić information content (AvgIpc) is 2.73. The summed E-state index contributed by atoms with van der Waals surface area (Å²) in [6.07, 6.45) is 5.95. The summed E-state index contributed by atoms with van der Waals surface area (Å²) in [5.41, 5.74) is 0. The van der Waals surface area contributed by atoms with Gasteiger partial charge < -0.3 is 4.90 Å². The first kappa shape index (κ1) is 11.6. The Labute approximate surface area is 101 Å². The van der Waals surface area contributed by atoms with Gasteiger partial charge in [-0.1, -0.05) is 25.8 Å². The maximum absolute atomic E-state index is 12.3. The van der Waals surface area contributed by atoms with Crippen LogP contribution in [0.2, 0.25) is 0 Å². The third-order valence-corrected chi connectivity index (χ3v) is 4.20. The fourth-order valence-electron chi connectivity index (χ4n) is 2.41. The summed E-state index contributed by atoms with van der Waals surface area (Å²) in [6, 6.07) is 4.35. The van der Waals surface area contributed by atoms with Crippen LogP contribution in [0.15, 0.2) is 17.5 Å². The second kappa shape index (κ2) is 5.48. The van der Waals surface area contributed by atoms with Gasteiger partial charge in [0.25, 0.3) is 5.91 Å². The number of thiophene rings is 1. The van der Waals surface area contributed by atoms with E-state index in [9.17, 15) is 4.79 Å². The van der Waals surface area contributed by atoms with Crippen molar-refractivity contribution >= 4 is 17.2 Å². The predicted octanol–water partition coefficient (Wildman–Crippen LogP) is 3.54. The van der Waals surface area contributed by atoms with Gasteiger partial charge in [-0.2, -0.15) is 0 Å². The van der Waals surface area contributed by atoms with E-state index >= 15 is 0 Å². The van der Waals surface area contributed by atoms with Gasteiger partial charge in [0.1, 0.15) is 0 Å². The number of amides is 1. The number of rotatable bonds is 2. The van der Waals surface area contributed by atoms with E-state index in [0.717, 1.165) is 24.3 Å². The Kier molecular flexibility index (Phi) is 3.99. The van der Waals surface area contributed by atoms with Crippen molar-refractivity contribution in [2.75, 3.05) is 6.54 Å². The molecule has 0 radical (unpaired) electrons. The first-order valence-electron chi connectivity index (χ1n) is 6.17. The Morgan fingerprint density at radius 3 is 3.06 bits per heavy atom. The summed E-state index contributed by atoms with van der Waals surface area (Å²) in [7, 11) is 0. The summed E-state index contributed by atoms with van der Waals surface area (Å²) in [4.78, 5) is 15.3. The first-order valence-corrected chi connectivity index (χ1v) is 7.05. The molecule has 0 aromatic carbocycles. The molecule has 1 fully saturated rings. The second-order valence-electron chi connectivity index (χ2n) is 4.39. The summed E-state index contributed by atoms with van der Waals surface area (Å²) >= 11 is 1.55. The standard InChI is InChI=1S/C13H19NOS/c1-2-11-7-4-3-5-9-14(11)13(15)12-8-6-10-16-12/h6,8,10-11H,2-5,7,9H2,1H3. The molecule has 1 unspecified atom stereocenters. The zero-order valence-corrected chi connectivity index (χ0v) is 10.6. The number of likely N-dealkylation sites (tertiary alicyclic amines) is 1. The van der Waals surface area contributed by atoms with E-state index in [2.05, 4.69) is 11.8 Å². The van der Waals surface area contributed by atoms with Crippen molar-refractivity contribution in [2.24, 2.45) is 0 Å². The minimum absolute atomic E-state index is 0.240. The van der Waals surface area contributed by atoms with E-state index in [1.54, 1.807) is 11.3 Å². The summed E-state index contributed by atoms with van der Waals surface area (Å²) in [6.45, 7) is 3.12. The molecule has 88 valence electrons. The van der Waals surface area contributed by atoms with Crippen molar-refractivity contribution in [3.8, 4) is 0 Å². The Balaban J connectivity index is 2.13. The van der Waals surface area contributed by atoms with Crippen LogP contribution in [0, 0.1) is 0 Å². The molecule has 2 heterocycles. The molecule has 16 heavy (non-hydrogen) atoms. The maximum Gasteiger partial charge on any atom is 0.264 e. The lowest BCUT2D eigenvalue weighted by molar-refractivity contribution is 0.0683. The Hall–Kier alpha value is -0.830. The van der Waals surface area contributed by atoms with Gasteiger partial charge >= 0.3 is 0 Å². The lowest BCUT2D eigenvalue weighted by atomic mass is 10.1. The number of nitrogens with zero attached hydrogens (tertiary/aromatic N) is 1. The minimum Gasteiger partial charge on any atom is -0.335 e. The molecular weight excluding hydrogens is 218 g/mol. The highest BCUT2D eigenvalue weighted by atomic mass is 32.1. The zero-order valence-electron chi connectivity index (χ0n) is 9.82. The lowest BCUT2D eigenvalue weighted by Gasteiger charge is -2.28. The fourth-order valence-corrected chi connectivity index (χ4v) is 3.09. The van der Waals surface area contributed by atoms with Crippen LogP contribution in [0.4, 0.5) is 0 Å². The number of hydrogen-bond acceptors (Lipinski definition) is 2. The van der Waals surface area contributed by atoms with Crippen molar-refractivity contribution in [1.82, 2.24) is 4.90 Å². The van der Waals surface area contributed by atoms with Crippen LogP contribution < -0.4 is 0 Å². The van der Waals surface area contributed by atoms with E-state index < -0.39 is 0 Å². The van der Waals surface area contributed by atoms with Crippen LogP contribution in [0.5, 0.6) is 0 Å². The molecule has 0 spiro atoms. The first-order chi connectivity index (χ1) is 7.83. The topological polar surface area (TPSA) is 20.3 Å². The molecule has 1 aromatic rings. The average molecular weight is 237 g/mol. The molecule has 3 heteroatoms. The van der Waals surface area contributed by atoms with Gasteiger partial charge in [0.2, 0.25) is 0 Å². The van der Waals surface area contributed by atoms with Crippen LogP contribution in [-0.2, 0) is 0 Å². The zero-order chi connectivity index (χ0) is 11.4. The monoisotopic (exact) mass is 237 g/mol. The normalized spacial score (nSPS) is 21.8. The highest BCUT2D eigenvalue weighted by Gasteiger charge is 2.25. The molecule has 1 saturated heterocycles. The van der Waals surface area contributed by atoms with Crippen LogP contribution in [0.25, 0.3) is 0 Å². The molecular formula is C13H19NOS. The van der Waals surface area contributed by atoms with Gasteiger partial charge in [0.15, 0.2) is 0 Å². The molecule has 1 aromatic heterocycles. The Bertz CT molecular complexity index is 334. The lowest BCUT2D eigenvalue weighted by Crippen LogP contribution is -2.39. The van der Waals surface area contributed by atoms with Crippen molar-refractivity contribution in [2.45, 2.75) is 45.1 Å². The third-order valence-electron chi connectivity index (χ3n) is 3.34. The molecule has 0 aliphatic carbocycles. The van der Waals surface area contributed by atoms with Gasteiger partial charge in [-0.25, -0.2) is 0 Å². The van der Waals surface area contributed by atoms with Crippen LogP contribution >= 0.6 is 11.3 Å². The van der Waals surface area contributed by atoms with Gasteiger partial charge in [-0.15, -0.1) is 11.3 Å². The Morgan fingerprint density at radius 1 is 1.50 bits per heavy atom. The number of hydrogen-bond donors (Lipinski definition) is 0. The number of carbonyl (C=O) groups excluding carboxylic acids is 1. The van der Waals surface area contributed by atoms with Gasteiger partial charge in [-0.05, 0) is 30.7 Å². The maximum atomic E-state index is 12.3. The largest absolute Gasteiger partial charge is 0.335 e.